The van der Waals surface area contributed by atoms with Crippen LogP contribution >= 0.6 is 11.5 Å². The molecule has 0 saturated carbocycles. The molecule has 33 heavy (non-hydrogen) atoms. The zero-order valence-corrected chi connectivity index (χ0v) is 20.2. The van der Waals surface area contributed by atoms with Crippen LogP contribution in [0.3, 0.4) is 0 Å². The molecule has 3 heterocycles. The fourth-order valence-electron chi connectivity index (χ4n) is 3.61. The van der Waals surface area contributed by atoms with E-state index >= 15 is 0 Å². The molecule has 10 nitrogen and oxygen atoms in total. The maximum Gasteiger partial charge on any atom is 0.407 e. The van der Waals surface area contributed by atoms with Crippen LogP contribution in [-0.4, -0.2) is 52.8 Å². The van der Waals surface area contributed by atoms with Crippen LogP contribution in [0.25, 0.3) is 0 Å². The van der Waals surface area contributed by atoms with Gasteiger partial charge in [0.25, 0.3) is 0 Å². The van der Waals surface area contributed by atoms with Gasteiger partial charge in [0, 0.05) is 6.54 Å². The number of pyridine rings is 1. The van der Waals surface area contributed by atoms with Gasteiger partial charge in [-0.05, 0) is 70.3 Å². The molecule has 2 aromatic heterocycles. The van der Waals surface area contributed by atoms with Gasteiger partial charge in [0.05, 0.1) is 24.4 Å². The van der Waals surface area contributed by atoms with Crippen LogP contribution in [-0.2, 0) is 14.3 Å². The first-order valence-corrected chi connectivity index (χ1v) is 11.3. The van der Waals surface area contributed by atoms with Crippen LogP contribution < -0.4 is 15.5 Å². The molecule has 0 radical (unpaired) electrons. The third kappa shape index (κ3) is 6.10. The Bertz CT molecular complexity index is 1060. The van der Waals surface area contributed by atoms with Crippen molar-refractivity contribution in [1.29, 1.82) is 5.26 Å². The van der Waals surface area contributed by atoms with Gasteiger partial charge >= 0.3 is 12.1 Å². The Kier molecular flexibility index (Phi) is 7.38. The molecule has 1 aliphatic rings. The lowest BCUT2D eigenvalue weighted by molar-refractivity contribution is -0.143. The smallest absolute Gasteiger partial charge is 0.407 e. The van der Waals surface area contributed by atoms with E-state index in [-0.39, 0.29) is 0 Å². The summed E-state index contributed by atoms with van der Waals surface area (Å²) in [6.07, 6.45) is 0.697. The average Bonchev–Trinajstić information content (AvgIpc) is 3.16. The molecule has 2 atom stereocenters. The number of piperidine rings is 1. The Hall–Kier alpha value is -3.39. The molecule has 0 spiro atoms. The Labute approximate surface area is 197 Å². The minimum Gasteiger partial charge on any atom is -0.467 e. The second-order valence-corrected chi connectivity index (χ2v) is 9.50. The van der Waals surface area contributed by atoms with Gasteiger partial charge in [0.2, 0.25) is 0 Å². The second-order valence-electron chi connectivity index (χ2n) is 8.69. The van der Waals surface area contributed by atoms with Gasteiger partial charge in [-0.15, -0.1) is 0 Å². The first-order chi connectivity index (χ1) is 15.6. The molecule has 0 bridgehead atoms. The van der Waals surface area contributed by atoms with Crippen molar-refractivity contribution >= 4 is 40.2 Å². The van der Waals surface area contributed by atoms with Crippen LogP contribution in [0, 0.1) is 18.3 Å². The zero-order chi connectivity index (χ0) is 24.2. The molecule has 2 unspecified atom stereocenters. The highest BCUT2D eigenvalue weighted by Gasteiger charge is 2.40. The van der Waals surface area contributed by atoms with E-state index in [2.05, 4.69) is 26.1 Å². The predicted molar refractivity (Wildman–Crippen MR) is 125 cm³/mol. The van der Waals surface area contributed by atoms with Crippen molar-refractivity contribution in [3.63, 3.8) is 0 Å². The average molecular weight is 473 g/mol. The molecule has 3 rings (SSSR count). The van der Waals surface area contributed by atoms with Gasteiger partial charge in [0.1, 0.15) is 28.5 Å². The van der Waals surface area contributed by atoms with Crippen LogP contribution in [0.1, 0.15) is 44.9 Å². The van der Waals surface area contributed by atoms with E-state index in [0.29, 0.717) is 36.6 Å². The SMILES string of the molecule is COC(=O)C1C(NC(=O)OC(C)(C)C)CCCN1c1ccc(C#N)c(Nc2cc(C)ns2)n1. The van der Waals surface area contributed by atoms with Gasteiger partial charge < -0.3 is 25.0 Å². The third-order valence-electron chi connectivity index (χ3n) is 4.94. The summed E-state index contributed by atoms with van der Waals surface area (Å²) < 4.78 is 14.7. The molecule has 1 aliphatic heterocycles. The van der Waals surface area contributed by atoms with Crippen LogP contribution in [0.2, 0.25) is 0 Å². The summed E-state index contributed by atoms with van der Waals surface area (Å²) in [4.78, 5) is 31.6. The number of esters is 1. The van der Waals surface area contributed by atoms with E-state index in [0.717, 1.165) is 10.7 Å². The molecular weight excluding hydrogens is 444 g/mol. The molecule has 1 amide bonds. The van der Waals surface area contributed by atoms with Crippen molar-refractivity contribution in [3.05, 3.63) is 29.5 Å². The lowest BCUT2D eigenvalue weighted by atomic mass is 9.96. The number of nitrogens with zero attached hydrogens (tertiary/aromatic N) is 4. The molecule has 2 aromatic rings. The van der Waals surface area contributed by atoms with Crippen molar-refractivity contribution in [1.82, 2.24) is 14.7 Å². The maximum atomic E-state index is 12.8. The summed E-state index contributed by atoms with van der Waals surface area (Å²) in [5.41, 5.74) is 0.554. The number of anilines is 3. The lowest BCUT2D eigenvalue weighted by Crippen LogP contribution is -2.60. The van der Waals surface area contributed by atoms with E-state index in [1.54, 1.807) is 37.8 Å². The molecule has 0 aromatic carbocycles. The normalized spacial score (nSPS) is 18.2. The van der Waals surface area contributed by atoms with Crippen molar-refractivity contribution in [2.75, 3.05) is 23.9 Å². The van der Waals surface area contributed by atoms with Crippen LogP contribution in [0.5, 0.6) is 0 Å². The molecule has 1 fully saturated rings. The molecule has 11 heteroatoms. The van der Waals surface area contributed by atoms with Gasteiger partial charge in [-0.25, -0.2) is 14.6 Å². The first kappa shape index (κ1) is 24.3. The van der Waals surface area contributed by atoms with Gasteiger partial charge in [0.15, 0.2) is 5.82 Å². The van der Waals surface area contributed by atoms with Crippen molar-refractivity contribution in [2.45, 2.75) is 58.2 Å². The summed E-state index contributed by atoms with van der Waals surface area (Å²) >= 11 is 1.27. The Balaban J connectivity index is 1.90. The molecule has 0 aliphatic carbocycles. The highest BCUT2D eigenvalue weighted by atomic mass is 32.1. The van der Waals surface area contributed by atoms with E-state index in [1.165, 1.54) is 18.6 Å². The monoisotopic (exact) mass is 472 g/mol. The number of aromatic nitrogens is 2. The summed E-state index contributed by atoms with van der Waals surface area (Å²) in [6.45, 7) is 7.74. The standard InChI is InChI=1S/C22H28N6O4S/c1-13-11-17(33-27-13)26-19-14(12-23)8-9-16(25-19)28-10-6-7-15(18(28)20(29)31-5)24-21(30)32-22(2,3)4/h8-9,11,15,18H,6-7,10H2,1-5H3,(H,24,30)(H,25,26). The number of hydrogen-bond acceptors (Lipinski definition) is 10. The fourth-order valence-corrected chi connectivity index (χ4v) is 4.27. The minimum absolute atomic E-state index is 0.361. The van der Waals surface area contributed by atoms with Crippen LogP contribution in [0.15, 0.2) is 18.2 Å². The largest absolute Gasteiger partial charge is 0.467 e. The predicted octanol–water partition coefficient (Wildman–Crippen LogP) is 3.50. The molecule has 2 N–H and O–H groups in total. The number of methoxy groups -OCH3 is 1. The number of carbonyl (C=O) groups is 2. The second kappa shape index (κ2) is 10.0. The van der Waals surface area contributed by atoms with Gasteiger partial charge in [-0.1, -0.05) is 0 Å². The minimum atomic E-state index is -0.796. The number of nitriles is 1. The quantitative estimate of drug-likeness (QED) is 0.628. The van der Waals surface area contributed by atoms with Crippen molar-refractivity contribution < 1.29 is 19.1 Å². The molecule has 1 saturated heterocycles. The number of carbonyl (C=O) groups excluding carboxylic acids is 2. The molecular formula is C22H28N6O4S. The number of rotatable bonds is 5. The number of hydrogen-bond donors (Lipinski definition) is 2. The highest BCUT2D eigenvalue weighted by Crippen LogP contribution is 2.29. The lowest BCUT2D eigenvalue weighted by Gasteiger charge is -2.40. The summed E-state index contributed by atoms with van der Waals surface area (Å²) in [5, 5.41) is 16.2. The third-order valence-corrected chi connectivity index (χ3v) is 5.74. The number of ether oxygens (including phenoxy) is 2. The van der Waals surface area contributed by atoms with Gasteiger partial charge in [-0.2, -0.15) is 9.64 Å². The Morgan fingerprint density at radius 3 is 2.70 bits per heavy atom. The summed E-state index contributed by atoms with van der Waals surface area (Å²) in [6, 6.07) is 6.00. The van der Waals surface area contributed by atoms with E-state index in [4.69, 9.17) is 9.47 Å². The maximum absolute atomic E-state index is 12.8. The van der Waals surface area contributed by atoms with Crippen molar-refractivity contribution in [3.8, 4) is 6.07 Å². The Morgan fingerprint density at radius 1 is 1.33 bits per heavy atom. The summed E-state index contributed by atoms with van der Waals surface area (Å²) in [5.74, 6) is 0.364. The highest BCUT2D eigenvalue weighted by molar-refractivity contribution is 7.10. The zero-order valence-electron chi connectivity index (χ0n) is 19.3. The van der Waals surface area contributed by atoms with Gasteiger partial charge in [-0.3, -0.25) is 0 Å². The number of alkyl carbamates (subject to hydrolysis) is 1. The van der Waals surface area contributed by atoms with E-state index in [9.17, 15) is 14.9 Å². The number of amides is 1. The van der Waals surface area contributed by atoms with E-state index in [1.807, 2.05) is 13.0 Å². The topological polar surface area (TPSA) is 129 Å². The number of aryl methyl sites for hydroxylation is 1. The number of nitrogens with one attached hydrogen (secondary N) is 2. The fraction of sp³-hybridized carbons (Fsp3) is 0.500. The molecule has 176 valence electrons. The van der Waals surface area contributed by atoms with Crippen molar-refractivity contribution in [2.24, 2.45) is 0 Å². The first-order valence-electron chi connectivity index (χ1n) is 10.6. The summed E-state index contributed by atoms with van der Waals surface area (Å²) in [7, 11) is 1.31. The van der Waals surface area contributed by atoms with Crippen LogP contribution in [0.4, 0.5) is 21.4 Å². The van der Waals surface area contributed by atoms with E-state index < -0.39 is 29.7 Å². The Morgan fingerprint density at radius 2 is 2.09 bits per heavy atom.